The van der Waals surface area contributed by atoms with Crippen LogP contribution in [0.4, 0.5) is 0 Å². The number of amides is 1. The highest BCUT2D eigenvalue weighted by atomic mass is 32.2. The van der Waals surface area contributed by atoms with E-state index in [9.17, 15) is 9.59 Å². The number of aliphatic carboxylic acids is 1. The molecule has 5 heteroatoms. The molecule has 98 valence electrons. The van der Waals surface area contributed by atoms with Crippen molar-refractivity contribution in [3.05, 3.63) is 0 Å². The van der Waals surface area contributed by atoms with E-state index in [4.69, 9.17) is 5.11 Å². The summed E-state index contributed by atoms with van der Waals surface area (Å²) in [4.78, 5) is 24.8. The van der Waals surface area contributed by atoms with Crippen molar-refractivity contribution in [1.29, 1.82) is 0 Å². The Hall–Kier alpha value is -0.710. The summed E-state index contributed by atoms with van der Waals surface area (Å²) in [7, 11) is 0. The van der Waals surface area contributed by atoms with Crippen LogP contribution in [0.5, 0.6) is 0 Å². The number of rotatable bonds is 5. The Bertz CT molecular complexity index is 283. The molecule has 1 amide bonds. The lowest BCUT2D eigenvalue weighted by Gasteiger charge is -2.36. The Morgan fingerprint density at radius 3 is 2.82 bits per heavy atom. The third kappa shape index (κ3) is 4.22. The van der Waals surface area contributed by atoms with E-state index in [1.165, 1.54) is 0 Å². The van der Waals surface area contributed by atoms with Gasteiger partial charge in [0.05, 0.1) is 12.5 Å². The van der Waals surface area contributed by atoms with Gasteiger partial charge in [0.1, 0.15) is 0 Å². The van der Waals surface area contributed by atoms with Gasteiger partial charge in [-0.3, -0.25) is 9.59 Å². The number of carboxylic acid groups (broad SMARTS) is 1. The van der Waals surface area contributed by atoms with Gasteiger partial charge in [0, 0.05) is 24.0 Å². The highest BCUT2D eigenvalue weighted by molar-refractivity contribution is 7.99. The minimum absolute atomic E-state index is 0.0133. The molecule has 4 nitrogen and oxygen atoms in total. The molecule has 0 aromatic heterocycles. The summed E-state index contributed by atoms with van der Waals surface area (Å²) in [5.74, 6) is 0.980. The van der Waals surface area contributed by atoms with Crippen LogP contribution in [-0.4, -0.2) is 46.0 Å². The van der Waals surface area contributed by atoms with Crippen molar-refractivity contribution in [2.75, 3.05) is 18.1 Å². The molecule has 1 saturated heterocycles. The first kappa shape index (κ1) is 14.4. The van der Waals surface area contributed by atoms with Crippen molar-refractivity contribution in [3.63, 3.8) is 0 Å². The molecule has 2 unspecified atom stereocenters. The van der Waals surface area contributed by atoms with Gasteiger partial charge in [-0.1, -0.05) is 20.3 Å². The van der Waals surface area contributed by atoms with Gasteiger partial charge in [-0.05, 0) is 6.42 Å². The molecule has 1 aliphatic rings. The summed E-state index contributed by atoms with van der Waals surface area (Å²) in [5.41, 5.74) is 0. The van der Waals surface area contributed by atoms with Crippen molar-refractivity contribution in [1.82, 2.24) is 4.90 Å². The van der Waals surface area contributed by atoms with E-state index in [-0.39, 0.29) is 24.3 Å². The highest BCUT2D eigenvalue weighted by Crippen LogP contribution is 2.22. The van der Waals surface area contributed by atoms with Gasteiger partial charge >= 0.3 is 5.97 Å². The zero-order valence-electron chi connectivity index (χ0n) is 10.5. The van der Waals surface area contributed by atoms with Gasteiger partial charge in [-0.25, -0.2) is 0 Å². The number of carbonyl (C=O) groups is 2. The zero-order chi connectivity index (χ0) is 12.8. The summed E-state index contributed by atoms with van der Waals surface area (Å²) < 4.78 is 0. The molecular formula is C12H21NO3S. The average Bonchev–Trinajstić information content (AvgIpc) is 2.28. The first-order valence-corrected chi connectivity index (χ1v) is 7.31. The largest absolute Gasteiger partial charge is 0.481 e. The average molecular weight is 259 g/mol. The van der Waals surface area contributed by atoms with E-state index in [1.807, 2.05) is 6.92 Å². The van der Waals surface area contributed by atoms with Crippen molar-refractivity contribution in [2.24, 2.45) is 5.92 Å². The Labute approximate surface area is 107 Å². The summed E-state index contributed by atoms with van der Waals surface area (Å²) in [5, 5.41) is 8.86. The second-order valence-corrected chi connectivity index (χ2v) is 5.70. The van der Waals surface area contributed by atoms with Crippen LogP contribution in [0.25, 0.3) is 0 Å². The van der Waals surface area contributed by atoms with Crippen LogP contribution < -0.4 is 0 Å². The molecule has 0 saturated carbocycles. The highest BCUT2D eigenvalue weighted by Gasteiger charge is 2.30. The van der Waals surface area contributed by atoms with Gasteiger partial charge < -0.3 is 10.0 Å². The zero-order valence-corrected chi connectivity index (χ0v) is 11.3. The number of carboxylic acids is 1. The van der Waals surface area contributed by atoms with E-state index in [0.29, 0.717) is 6.54 Å². The molecule has 17 heavy (non-hydrogen) atoms. The van der Waals surface area contributed by atoms with E-state index in [0.717, 1.165) is 24.3 Å². The Balaban J connectivity index is 2.63. The topological polar surface area (TPSA) is 57.6 Å². The summed E-state index contributed by atoms with van der Waals surface area (Å²) in [6.07, 6.45) is 1.93. The molecule has 1 N–H and O–H groups in total. The van der Waals surface area contributed by atoms with Crippen LogP contribution in [-0.2, 0) is 9.59 Å². The quantitative estimate of drug-likeness (QED) is 0.818. The lowest BCUT2D eigenvalue weighted by molar-refractivity contribution is -0.142. The smallest absolute Gasteiger partial charge is 0.305 e. The SMILES string of the molecule is CCCC(C)C(=O)N1CCSCC1CC(=O)O. The minimum atomic E-state index is -0.821. The predicted molar refractivity (Wildman–Crippen MR) is 69.2 cm³/mol. The number of hydrogen-bond donors (Lipinski definition) is 1. The van der Waals surface area contributed by atoms with Gasteiger partial charge in [0.25, 0.3) is 0 Å². The second-order valence-electron chi connectivity index (χ2n) is 4.55. The third-order valence-corrected chi connectivity index (χ3v) is 4.16. The second kappa shape index (κ2) is 6.89. The van der Waals surface area contributed by atoms with Gasteiger partial charge in [0.15, 0.2) is 0 Å². The van der Waals surface area contributed by atoms with Crippen LogP contribution in [0.15, 0.2) is 0 Å². The number of hydrogen-bond acceptors (Lipinski definition) is 3. The molecule has 1 fully saturated rings. The summed E-state index contributed by atoms with van der Waals surface area (Å²) >= 11 is 1.73. The van der Waals surface area contributed by atoms with E-state index in [1.54, 1.807) is 16.7 Å². The molecule has 0 aliphatic carbocycles. The Morgan fingerprint density at radius 1 is 1.53 bits per heavy atom. The maximum atomic E-state index is 12.2. The molecule has 1 aliphatic heterocycles. The molecular weight excluding hydrogens is 238 g/mol. The molecule has 1 rings (SSSR count). The number of carbonyl (C=O) groups excluding carboxylic acids is 1. The van der Waals surface area contributed by atoms with Crippen LogP contribution in [0.1, 0.15) is 33.1 Å². The fraction of sp³-hybridized carbons (Fsp3) is 0.833. The number of thioether (sulfide) groups is 1. The fourth-order valence-corrected chi connectivity index (χ4v) is 3.22. The molecule has 0 aromatic rings. The first-order chi connectivity index (χ1) is 8.06. The van der Waals surface area contributed by atoms with E-state index in [2.05, 4.69) is 6.92 Å². The summed E-state index contributed by atoms with van der Waals surface area (Å²) in [6, 6.07) is -0.127. The van der Waals surface area contributed by atoms with Crippen LogP contribution in [0.3, 0.4) is 0 Å². The monoisotopic (exact) mass is 259 g/mol. The number of nitrogens with zero attached hydrogens (tertiary/aromatic N) is 1. The standard InChI is InChI=1S/C12H21NO3S/c1-3-4-9(2)12(16)13-5-6-17-8-10(13)7-11(14)15/h9-10H,3-8H2,1-2H3,(H,14,15). The van der Waals surface area contributed by atoms with Crippen LogP contribution >= 0.6 is 11.8 Å². The normalized spacial score (nSPS) is 22.2. The van der Waals surface area contributed by atoms with Gasteiger partial charge in [-0.2, -0.15) is 11.8 Å². The van der Waals surface area contributed by atoms with Crippen molar-refractivity contribution in [2.45, 2.75) is 39.2 Å². The maximum Gasteiger partial charge on any atom is 0.305 e. The summed E-state index contributed by atoms with van der Waals surface area (Å²) in [6.45, 7) is 4.69. The molecule has 2 atom stereocenters. The predicted octanol–water partition coefficient (Wildman–Crippen LogP) is 1.84. The maximum absolute atomic E-state index is 12.2. The molecule has 0 radical (unpaired) electrons. The van der Waals surface area contributed by atoms with Crippen LogP contribution in [0.2, 0.25) is 0 Å². The molecule has 1 heterocycles. The molecule has 0 aromatic carbocycles. The lowest BCUT2D eigenvalue weighted by Crippen LogP contribution is -2.49. The Morgan fingerprint density at radius 2 is 2.24 bits per heavy atom. The first-order valence-electron chi connectivity index (χ1n) is 6.16. The molecule has 0 spiro atoms. The van der Waals surface area contributed by atoms with Crippen molar-refractivity contribution >= 4 is 23.6 Å². The third-order valence-electron chi connectivity index (χ3n) is 3.06. The lowest BCUT2D eigenvalue weighted by atomic mass is 10.0. The van der Waals surface area contributed by atoms with Crippen molar-refractivity contribution in [3.8, 4) is 0 Å². The van der Waals surface area contributed by atoms with E-state index >= 15 is 0 Å². The van der Waals surface area contributed by atoms with Gasteiger partial charge in [0.2, 0.25) is 5.91 Å². The Kier molecular flexibility index (Phi) is 5.82. The van der Waals surface area contributed by atoms with Gasteiger partial charge in [-0.15, -0.1) is 0 Å². The van der Waals surface area contributed by atoms with E-state index < -0.39 is 5.97 Å². The van der Waals surface area contributed by atoms with Crippen molar-refractivity contribution < 1.29 is 14.7 Å². The molecule has 0 bridgehead atoms. The minimum Gasteiger partial charge on any atom is -0.481 e. The fourth-order valence-electron chi connectivity index (χ4n) is 2.16. The van der Waals surface area contributed by atoms with Crippen LogP contribution in [0, 0.1) is 5.92 Å².